The molecule has 2 N–H and O–H groups in total. The summed E-state index contributed by atoms with van der Waals surface area (Å²) in [6, 6.07) is 4.68. The molecule has 0 saturated carbocycles. The Morgan fingerprint density at radius 3 is 2.63 bits per heavy atom. The minimum Gasteiger partial charge on any atom is -0.497 e. The Balaban J connectivity index is 2.76. The molecular formula is C13H17ClO5. The van der Waals surface area contributed by atoms with Crippen LogP contribution in [-0.2, 0) is 9.53 Å². The highest BCUT2D eigenvalue weighted by atomic mass is 35.5. The predicted octanol–water partition coefficient (Wildman–Crippen LogP) is 1.70. The normalized spacial score (nSPS) is 13.7. The number of hydrogen-bond donors (Lipinski definition) is 2. The third kappa shape index (κ3) is 4.38. The highest BCUT2D eigenvalue weighted by Gasteiger charge is 2.24. The fourth-order valence-corrected chi connectivity index (χ4v) is 1.87. The molecule has 0 fully saturated rings. The lowest BCUT2D eigenvalue weighted by Crippen LogP contribution is -2.23. The number of hydrogen-bond acceptors (Lipinski definition) is 5. The van der Waals surface area contributed by atoms with Gasteiger partial charge in [-0.25, -0.2) is 0 Å². The number of benzene rings is 1. The second-order valence-corrected chi connectivity index (χ2v) is 4.32. The van der Waals surface area contributed by atoms with Crippen LogP contribution in [0.4, 0.5) is 0 Å². The summed E-state index contributed by atoms with van der Waals surface area (Å²) in [6.45, 7) is 1.89. The van der Waals surface area contributed by atoms with Crippen LogP contribution in [0, 0.1) is 0 Å². The summed E-state index contributed by atoms with van der Waals surface area (Å²) in [6.07, 6.45) is -2.83. The summed E-state index contributed by atoms with van der Waals surface area (Å²) in [5.74, 6) is -0.0282. The van der Waals surface area contributed by atoms with Gasteiger partial charge in [0.05, 0.1) is 31.3 Å². The zero-order valence-corrected chi connectivity index (χ0v) is 11.6. The molecule has 1 rings (SSSR count). The van der Waals surface area contributed by atoms with Crippen LogP contribution in [-0.4, -0.2) is 36.0 Å². The van der Waals surface area contributed by atoms with Crippen LogP contribution < -0.4 is 4.74 Å². The molecule has 0 amide bonds. The third-order valence-electron chi connectivity index (χ3n) is 2.57. The maximum Gasteiger partial charge on any atom is 0.308 e. The largest absolute Gasteiger partial charge is 0.497 e. The minimum atomic E-state index is -1.27. The second kappa shape index (κ2) is 7.33. The molecule has 0 bridgehead atoms. The monoisotopic (exact) mass is 288 g/mol. The van der Waals surface area contributed by atoms with Gasteiger partial charge in [0.15, 0.2) is 0 Å². The van der Waals surface area contributed by atoms with Gasteiger partial charge < -0.3 is 19.7 Å². The molecule has 1 aromatic rings. The van der Waals surface area contributed by atoms with Gasteiger partial charge in [0.1, 0.15) is 11.9 Å². The topological polar surface area (TPSA) is 76.0 Å². The Labute approximate surface area is 116 Å². The maximum absolute atomic E-state index is 11.2. The zero-order chi connectivity index (χ0) is 14.4. The number of rotatable bonds is 6. The van der Waals surface area contributed by atoms with Crippen molar-refractivity contribution >= 4 is 17.6 Å². The van der Waals surface area contributed by atoms with E-state index in [1.807, 2.05) is 0 Å². The fraction of sp³-hybridized carbons (Fsp3) is 0.462. The molecule has 6 heteroatoms. The highest BCUT2D eigenvalue weighted by Crippen LogP contribution is 2.29. The lowest BCUT2D eigenvalue weighted by molar-refractivity contribution is -0.147. The molecule has 0 aliphatic carbocycles. The number of methoxy groups -OCH3 is 1. The molecule has 0 saturated heterocycles. The number of aliphatic hydroxyl groups excluding tert-OH is 2. The van der Waals surface area contributed by atoms with Crippen LogP contribution in [0.25, 0.3) is 0 Å². The van der Waals surface area contributed by atoms with Gasteiger partial charge in [-0.15, -0.1) is 0 Å². The molecule has 1 aromatic carbocycles. The van der Waals surface area contributed by atoms with Crippen molar-refractivity contribution in [3.63, 3.8) is 0 Å². The van der Waals surface area contributed by atoms with Crippen molar-refractivity contribution < 1.29 is 24.5 Å². The van der Waals surface area contributed by atoms with Gasteiger partial charge in [-0.2, -0.15) is 0 Å². The van der Waals surface area contributed by atoms with E-state index in [4.69, 9.17) is 21.1 Å². The Bertz CT molecular complexity index is 435. The van der Waals surface area contributed by atoms with Crippen molar-refractivity contribution in [3.8, 4) is 5.75 Å². The number of carbonyl (C=O) groups excluding carboxylic acids is 1. The van der Waals surface area contributed by atoms with E-state index in [0.717, 1.165) is 0 Å². The molecule has 0 heterocycles. The number of esters is 1. The van der Waals surface area contributed by atoms with Crippen molar-refractivity contribution in [1.82, 2.24) is 0 Å². The smallest absolute Gasteiger partial charge is 0.308 e. The first-order valence-corrected chi connectivity index (χ1v) is 6.22. The molecular weight excluding hydrogens is 272 g/mol. The lowest BCUT2D eigenvalue weighted by Gasteiger charge is -2.18. The standard InChI is InChI=1S/C13H17ClO5/c1-3-19-12(16)7-11(15)13(17)9-5-4-8(18-2)6-10(9)14/h4-6,11,13,15,17H,3,7H2,1-2H3. The van der Waals surface area contributed by atoms with Gasteiger partial charge in [0.25, 0.3) is 0 Å². The number of aliphatic hydroxyl groups is 2. The van der Waals surface area contributed by atoms with E-state index >= 15 is 0 Å². The summed E-state index contributed by atoms with van der Waals surface area (Å²) in [5, 5.41) is 20.0. The summed E-state index contributed by atoms with van der Waals surface area (Å²) >= 11 is 5.98. The zero-order valence-electron chi connectivity index (χ0n) is 10.8. The Hall–Kier alpha value is -1.30. The van der Waals surface area contributed by atoms with E-state index in [0.29, 0.717) is 11.3 Å². The average molecular weight is 289 g/mol. The van der Waals surface area contributed by atoms with Crippen molar-refractivity contribution in [2.24, 2.45) is 0 Å². The van der Waals surface area contributed by atoms with Crippen molar-refractivity contribution in [2.75, 3.05) is 13.7 Å². The van der Waals surface area contributed by atoms with Gasteiger partial charge in [-0.05, 0) is 19.1 Å². The van der Waals surface area contributed by atoms with Gasteiger partial charge >= 0.3 is 5.97 Å². The van der Waals surface area contributed by atoms with E-state index < -0.39 is 18.2 Å². The van der Waals surface area contributed by atoms with E-state index in [1.54, 1.807) is 19.1 Å². The summed E-state index contributed by atoms with van der Waals surface area (Å²) in [5.41, 5.74) is 0.333. The third-order valence-corrected chi connectivity index (χ3v) is 2.90. The molecule has 2 unspecified atom stereocenters. The first kappa shape index (κ1) is 15.8. The molecule has 19 heavy (non-hydrogen) atoms. The van der Waals surface area contributed by atoms with Gasteiger partial charge in [0.2, 0.25) is 0 Å². The van der Waals surface area contributed by atoms with Crippen molar-refractivity contribution in [3.05, 3.63) is 28.8 Å². The Kier molecular flexibility index (Phi) is 6.08. The van der Waals surface area contributed by atoms with Gasteiger partial charge in [0, 0.05) is 5.56 Å². The lowest BCUT2D eigenvalue weighted by atomic mass is 10.0. The predicted molar refractivity (Wildman–Crippen MR) is 70.2 cm³/mol. The molecule has 2 atom stereocenters. The molecule has 0 spiro atoms. The van der Waals surface area contributed by atoms with Crippen LogP contribution in [0.15, 0.2) is 18.2 Å². The van der Waals surface area contributed by atoms with Gasteiger partial charge in [-0.3, -0.25) is 4.79 Å². The first-order valence-electron chi connectivity index (χ1n) is 5.84. The molecule has 0 aliphatic heterocycles. The summed E-state index contributed by atoms with van der Waals surface area (Å²) in [7, 11) is 1.50. The SMILES string of the molecule is CCOC(=O)CC(O)C(O)c1ccc(OC)cc1Cl. The van der Waals surface area contributed by atoms with Crippen LogP contribution in [0.5, 0.6) is 5.75 Å². The minimum absolute atomic E-state index is 0.227. The maximum atomic E-state index is 11.2. The van der Waals surface area contributed by atoms with Crippen molar-refractivity contribution in [2.45, 2.75) is 25.6 Å². The van der Waals surface area contributed by atoms with Crippen LogP contribution in [0.3, 0.4) is 0 Å². The molecule has 0 aromatic heterocycles. The fourth-order valence-electron chi connectivity index (χ4n) is 1.58. The van der Waals surface area contributed by atoms with E-state index in [-0.39, 0.29) is 18.1 Å². The molecule has 106 valence electrons. The average Bonchev–Trinajstić information content (AvgIpc) is 2.37. The van der Waals surface area contributed by atoms with Gasteiger partial charge in [-0.1, -0.05) is 17.7 Å². The van der Waals surface area contributed by atoms with E-state index in [2.05, 4.69) is 0 Å². The quantitative estimate of drug-likeness (QED) is 0.779. The Morgan fingerprint density at radius 1 is 1.42 bits per heavy atom. The first-order chi connectivity index (χ1) is 8.99. The van der Waals surface area contributed by atoms with Crippen LogP contribution in [0.2, 0.25) is 5.02 Å². The number of carbonyl (C=O) groups is 1. The Morgan fingerprint density at radius 2 is 2.11 bits per heavy atom. The summed E-state index contributed by atoms with van der Waals surface area (Å²) in [4.78, 5) is 11.2. The van der Waals surface area contributed by atoms with Crippen molar-refractivity contribution in [1.29, 1.82) is 0 Å². The molecule has 5 nitrogen and oxygen atoms in total. The number of halogens is 1. The van der Waals surface area contributed by atoms with Crippen LogP contribution >= 0.6 is 11.6 Å². The van der Waals surface area contributed by atoms with E-state index in [9.17, 15) is 15.0 Å². The molecule has 0 aliphatic rings. The van der Waals surface area contributed by atoms with E-state index in [1.165, 1.54) is 13.2 Å². The number of ether oxygens (including phenoxy) is 2. The second-order valence-electron chi connectivity index (χ2n) is 3.91. The highest BCUT2D eigenvalue weighted by molar-refractivity contribution is 6.31. The summed E-state index contributed by atoms with van der Waals surface area (Å²) < 4.78 is 9.69. The molecule has 0 radical (unpaired) electrons. The van der Waals surface area contributed by atoms with Crippen LogP contribution in [0.1, 0.15) is 25.0 Å².